The molecule has 10 heteroatoms. The third-order valence-corrected chi connectivity index (χ3v) is 9.04. The first-order valence-electron chi connectivity index (χ1n) is 8.61. The highest BCUT2D eigenvalue weighted by atomic mass is 31.2. The maximum Gasteiger partial charge on any atom is 0.410 e. The van der Waals surface area contributed by atoms with E-state index in [9.17, 15) is 9.59 Å². The van der Waals surface area contributed by atoms with Crippen LogP contribution < -0.4 is 0 Å². The predicted octanol–water partition coefficient (Wildman–Crippen LogP) is 4.37. The summed E-state index contributed by atoms with van der Waals surface area (Å²) in [7, 11) is -4.95. The quantitative estimate of drug-likeness (QED) is 0.285. The summed E-state index contributed by atoms with van der Waals surface area (Å²) < 4.78 is 22.4. The van der Waals surface area contributed by atoms with Crippen molar-refractivity contribution in [1.29, 1.82) is 0 Å². The van der Waals surface area contributed by atoms with Gasteiger partial charge >= 0.3 is 12.1 Å². The number of carbonyl (C=O) groups excluding carboxylic acids is 2. The molecule has 0 aromatic carbocycles. The highest BCUT2D eigenvalue weighted by molar-refractivity contribution is 7.50. The van der Waals surface area contributed by atoms with Gasteiger partial charge in [-0.05, 0) is 53.1 Å². The van der Waals surface area contributed by atoms with Crippen molar-refractivity contribution in [2.75, 3.05) is 26.0 Å². The van der Waals surface area contributed by atoms with Crippen LogP contribution in [0.5, 0.6) is 0 Å². The van der Waals surface area contributed by atoms with Crippen molar-refractivity contribution in [3.63, 3.8) is 0 Å². The fraction of sp³-hybridized carbons (Fsp3) is 0.867. The Labute approximate surface area is 155 Å². The van der Waals surface area contributed by atoms with E-state index in [1.807, 2.05) is 0 Å². The zero-order valence-corrected chi connectivity index (χ0v) is 19.8. The molecule has 0 aliphatic rings. The number of hydrogen-bond donors (Lipinski definition) is 0. The molecule has 0 bridgehead atoms. The van der Waals surface area contributed by atoms with Crippen LogP contribution in [0, 0.1) is 0 Å². The first-order valence-corrected chi connectivity index (χ1v) is 16.8. The molecule has 0 aromatic rings. The molecule has 0 fully saturated rings. The SMILES string of the molecule is CCOC(=O)CCN(CP(O[Si](C)(C)C)O[Si](C)(C)C)C(=O)OCC. The molecule has 0 unspecified atom stereocenters. The molecular formula is C15H34NO6PSi2. The Morgan fingerprint density at radius 2 is 1.36 bits per heavy atom. The molecule has 0 spiro atoms. The van der Waals surface area contributed by atoms with Gasteiger partial charge < -0.3 is 17.9 Å². The van der Waals surface area contributed by atoms with Crippen LogP contribution in [0.3, 0.4) is 0 Å². The van der Waals surface area contributed by atoms with Gasteiger partial charge in [0.25, 0.3) is 0 Å². The second-order valence-electron chi connectivity index (χ2n) is 7.40. The van der Waals surface area contributed by atoms with Crippen LogP contribution in [0.25, 0.3) is 0 Å². The number of rotatable bonds is 11. The molecule has 0 aromatic heterocycles. The van der Waals surface area contributed by atoms with Gasteiger partial charge in [-0.1, -0.05) is 0 Å². The smallest absolute Gasteiger partial charge is 0.410 e. The van der Waals surface area contributed by atoms with Crippen molar-refractivity contribution in [3.05, 3.63) is 0 Å². The van der Waals surface area contributed by atoms with Gasteiger partial charge in [-0.2, -0.15) is 0 Å². The summed E-state index contributed by atoms with van der Waals surface area (Å²) >= 11 is 0. The lowest BCUT2D eigenvalue weighted by atomic mass is 10.4. The Morgan fingerprint density at radius 1 is 0.880 bits per heavy atom. The monoisotopic (exact) mass is 411 g/mol. The predicted molar refractivity (Wildman–Crippen MR) is 106 cm³/mol. The van der Waals surface area contributed by atoms with Crippen LogP contribution >= 0.6 is 8.38 Å². The van der Waals surface area contributed by atoms with Crippen molar-refractivity contribution < 1.29 is 27.5 Å². The van der Waals surface area contributed by atoms with Crippen LogP contribution in [0.4, 0.5) is 4.79 Å². The number of ether oxygens (including phenoxy) is 2. The molecular weight excluding hydrogens is 377 g/mol. The van der Waals surface area contributed by atoms with Crippen molar-refractivity contribution in [2.24, 2.45) is 0 Å². The van der Waals surface area contributed by atoms with E-state index >= 15 is 0 Å². The maximum atomic E-state index is 12.3. The summed E-state index contributed by atoms with van der Waals surface area (Å²) in [5, 5.41) is 0. The zero-order valence-electron chi connectivity index (χ0n) is 16.9. The van der Waals surface area contributed by atoms with Gasteiger partial charge in [0.05, 0.1) is 25.9 Å². The zero-order chi connectivity index (χ0) is 19.7. The van der Waals surface area contributed by atoms with Gasteiger partial charge in [0, 0.05) is 6.54 Å². The molecule has 0 saturated carbocycles. The topological polar surface area (TPSA) is 74.3 Å². The summed E-state index contributed by atoms with van der Waals surface area (Å²) in [6, 6.07) is 0. The Morgan fingerprint density at radius 3 is 1.76 bits per heavy atom. The van der Waals surface area contributed by atoms with Crippen LogP contribution in [0.15, 0.2) is 0 Å². The lowest BCUT2D eigenvalue weighted by Crippen LogP contribution is -2.37. The maximum absolute atomic E-state index is 12.3. The molecule has 25 heavy (non-hydrogen) atoms. The molecule has 1 amide bonds. The van der Waals surface area contributed by atoms with E-state index in [-0.39, 0.29) is 25.5 Å². The number of esters is 1. The Balaban J connectivity index is 5.08. The molecule has 0 rings (SSSR count). The second-order valence-corrected chi connectivity index (χ2v) is 18.3. The summed E-state index contributed by atoms with van der Waals surface area (Å²) in [6.45, 7) is 16.8. The number of nitrogens with zero attached hydrogens (tertiary/aromatic N) is 1. The van der Waals surface area contributed by atoms with Crippen LogP contribution in [0.2, 0.25) is 39.3 Å². The lowest BCUT2D eigenvalue weighted by molar-refractivity contribution is -0.143. The normalized spacial score (nSPS) is 12.2. The largest absolute Gasteiger partial charge is 0.466 e. The summed E-state index contributed by atoms with van der Waals surface area (Å²) in [5.74, 6) is -0.335. The lowest BCUT2D eigenvalue weighted by Gasteiger charge is -2.33. The molecule has 0 radical (unpaired) electrons. The fourth-order valence-corrected chi connectivity index (χ4v) is 8.09. The van der Waals surface area contributed by atoms with Crippen LogP contribution in [-0.4, -0.2) is 59.6 Å². The molecule has 7 nitrogen and oxygen atoms in total. The summed E-state index contributed by atoms with van der Waals surface area (Å²) in [4.78, 5) is 25.4. The minimum Gasteiger partial charge on any atom is -0.466 e. The minimum atomic E-state index is -1.84. The van der Waals surface area contributed by atoms with E-state index in [0.29, 0.717) is 12.9 Å². The number of amides is 1. The Hall–Kier alpha value is -0.476. The van der Waals surface area contributed by atoms with Crippen molar-refractivity contribution in [1.82, 2.24) is 4.90 Å². The average Bonchev–Trinajstić information content (AvgIpc) is 2.40. The van der Waals surface area contributed by atoms with Crippen molar-refractivity contribution in [3.8, 4) is 0 Å². The van der Waals surface area contributed by atoms with E-state index in [0.717, 1.165) is 0 Å². The van der Waals surface area contributed by atoms with Gasteiger partial charge in [-0.25, -0.2) is 4.79 Å². The van der Waals surface area contributed by atoms with E-state index in [1.54, 1.807) is 13.8 Å². The first kappa shape index (κ1) is 24.5. The average molecular weight is 412 g/mol. The van der Waals surface area contributed by atoms with Gasteiger partial charge in [0.15, 0.2) is 25.0 Å². The van der Waals surface area contributed by atoms with Crippen LogP contribution in [0.1, 0.15) is 20.3 Å². The third-order valence-electron chi connectivity index (χ3n) is 2.45. The van der Waals surface area contributed by atoms with Gasteiger partial charge in [0.1, 0.15) is 0 Å². The van der Waals surface area contributed by atoms with E-state index < -0.39 is 31.1 Å². The molecule has 0 saturated heterocycles. The second kappa shape index (κ2) is 11.3. The number of carbonyl (C=O) groups is 2. The minimum absolute atomic E-state index is 0.121. The molecule has 0 aliphatic heterocycles. The van der Waals surface area contributed by atoms with Crippen molar-refractivity contribution in [2.45, 2.75) is 59.6 Å². The molecule has 0 heterocycles. The highest BCUT2D eigenvalue weighted by Gasteiger charge is 2.31. The summed E-state index contributed by atoms with van der Waals surface area (Å²) in [5.41, 5.74) is 0. The van der Waals surface area contributed by atoms with E-state index in [4.69, 9.17) is 17.9 Å². The Kier molecular flexibility index (Phi) is 11.1. The van der Waals surface area contributed by atoms with E-state index in [2.05, 4.69) is 39.3 Å². The molecule has 148 valence electrons. The van der Waals surface area contributed by atoms with Crippen molar-refractivity contribution >= 4 is 37.1 Å². The van der Waals surface area contributed by atoms with Gasteiger partial charge in [-0.3, -0.25) is 9.69 Å². The molecule has 0 N–H and O–H groups in total. The third kappa shape index (κ3) is 13.4. The number of hydrogen-bond acceptors (Lipinski definition) is 6. The Bertz CT molecular complexity index is 409. The van der Waals surface area contributed by atoms with Crippen LogP contribution in [-0.2, 0) is 22.7 Å². The first-order chi connectivity index (χ1) is 11.4. The highest BCUT2D eigenvalue weighted by Crippen LogP contribution is 2.45. The van der Waals surface area contributed by atoms with Gasteiger partial charge in [-0.15, -0.1) is 0 Å². The van der Waals surface area contributed by atoms with E-state index in [1.165, 1.54) is 4.90 Å². The fourth-order valence-electron chi connectivity index (χ4n) is 1.72. The molecule has 0 atom stereocenters. The summed E-state index contributed by atoms with van der Waals surface area (Å²) in [6.07, 6.45) is -0.0460. The van der Waals surface area contributed by atoms with Gasteiger partial charge in [0.2, 0.25) is 0 Å². The standard InChI is InChI=1S/C15H34NO6PSi2/c1-9-19-14(17)11-12-16(15(18)20-10-2)13-23(21-24(3,4)5)22-25(6,7)8/h9-13H2,1-8H3. The molecule has 0 aliphatic carbocycles.